The number of aromatic nitrogens is 2. The summed E-state index contributed by atoms with van der Waals surface area (Å²) in [5.74, 6) is -0.276. The minimum Gasteiger partial charge on any atom is -0.377 e. The molecule has 2 aromatic heterocycles. The first-order valence-electron chi connectivity index (χ1n) is 13.5. The zero-order valence-corrected chi connectivity index (χ0v) is 21.9. The lowest BCUT2D eigenvalue weighted by atomic mass is 9.95. The Morgan fingerprint density at radius 3 is 1.33 bits per heavy atom. The van der Waals surface area contributed by atoms with Crippen molar-refractivity contribution >= 4 is 44.5 Å². The molecule has 4 bridgehead atoms. The predicted octanol–water partition coefficient (Wildman–Crippen LogP) is 4.13. The van der Waals surface area contributed by atoms with Crippen LogP contribution in [0.5, 0.6) is 0 Å². The number of benzene rings is 2. The van der Waals surface area contributed by atoms with E-state index in [4.69, 9.17) is 18.9 Å². The van der Waals surface area contributed by atoms with Gasteiger partial charge in [0, 0.05) is 69.6 Å². The number of carbonyl (C=O) groups excluding carboxylic acids is 2. The highest BCUT2D eigenvalue weighted by molar-refractivity contribution is 6.52. The van der Waals surface area contributed by atoms with Gasteiger partial charge in [-0.2, -0.15) is 0 Å². The van der Waals surface area contributed by atoms with Gasteiger partial charge in [0.2, 0.25) is 0 Å². The van der Waals surface area contributed by atoms with Crippen molar-refractivity contribution in [2.45, 2.75) is 19.5 Å². The van der Waals surface area contributed by atoms with E-state index in [9.17, 15) is 9.59 Å². The van der Waals surface area contributed by atoms with E-state index in [2.05, 4.69) is 9.13 Å². The Morgan fingerprint density at radius 1 is 0.513 bits per heavy atom. The van der Waals surface area contributed by atoms with E-state index in [-0.39, 0.29) is 18.0 Å². The summed E-state index contributed by atoms with van der Waals surface area (Å²) in [4.78, 5) is 26.8. The molecule has 0 radical (unpaired) electrons. The van der Waals surface area contributed by atoms with Crippen LogP contribution in [0.4, 0.5) is 0 Å². The highest BCUT2D eigenvalue weighted by Crippen LogP contribution is 2.41. The molecule has 1 aliphatic carbocycles. The topological polar surface area (TPSA) is 80.9 Å². The molecular weight excluding hydrogens is 496 g/mol. The Bertz CT molecular complexity index is 1430. The fourth-order valence-corrected chi connectivity index (χ4v) is 5.52. The lowest BCUT2D eigenvalue weighted by molar-refractivity contribution is -0.119. The molecular formula is C31H32N2O6. The van der Waals surface area contributed by atoms with Crippen molar-refractivity contribution in [1.29, 1.82) is 0 Å². The van der Waals surface area contributed by atoms with Crippen molar-refractivity contribution < 1.29 is 28.5 Å². The third-order valence-corrected chi connectivity index (χ3v) is 7.31. The number of rotatable bonds is 0. The Labute approximate surface area is 226 Å². The monoisotopic (exact) mass is 528 g/mol. The fraction of sp³-hybridized carbons (Fsp3) is 0.355. The third kappa shape index (κ3) is 5.21. The van der Waals surface area contributed by atoms with E-state index in [1.165, 1.54) is 0 Å². The molecule has 8 nitrogen and oxygen atoms in total. The van der Waals surface area contributed by atoms with E-state index in [0.29, 0.717) is 77.1 Å². The second-order valence-corrected chi connectivity index (χ2v) is 9.73. The van der Waals surface area contributed by atoms with Crippen LogP contribution in [-0.2, 0) is 41.6 Å². The molecule has 0 amide bonds. The zero-order chi connectivity index (χ0) is 26.6. The molecule has 8 heteroatoms. The van der Waals surface area contributed by atoms with Gasteiger partial charge in [-0.1, -0.05) is 36.4 Å². The van der Waals surface area contributed by atoms with Gasteiger partial charge in [0.15, 0.2) is 11.6 Å². The number of para-hydroxylation sites is 2. The molecule has 0 spiro atoms. The number of hydrogen-bond donors (Lipinski definition) is 0. The summed E-state index contributed by atoms with van der Waals surface area (Å²) in [7, 11) is 0. The Kier molecular flexibility index (Phi) is 7.69. The number of nitrogens with zero attached hydrogens (tertiary/aromatic N) is 2. The van der Waals surface area contributed by atoms with E-state index >= 15 is 0 Å². The summed E-state index contributed by atoms with van der Waals surface area (Å²) < 4.78 is 27.0. The quantitative estimate of drug-likeness (QED) is 0.320. The molecule has 0 unspecified atom stereocenters. The van der Waals surface area contributed by atoms with Gasteiger partial charge in [0.1, 0.15) is 0 Å². The first kappa shape index (κ1) is 25.7. The number of carbonyl (C=O) groups is 2. The Balaban J connectivity index is 1.45. The average molecular weight is 529 g/mol. The molecule has 0 saturated carbocycles. The van der Waals surface area contributed by atoms with Gasteiger partial charge < -0.3 is 28.1 Å². The molecule has 0 N–H and O–H groups in total. The highest BCUT2D eigenvalue weighted by Gasteiger charge is 2.35. The lowest BCUT2D eigenvalue weighted by Crippen LogP contribution is -2.14. The molecule has 4 aromatic rings. The summed E-state index contributed by atoms with van der Waals surface area (Å²) in [6, 6.07) is 16.0. The molecule has 202 valence electrons. The van der Waals surface area contributed by atoms with Gasteiger partial charge in [-0.25, -0.2) is 0 Å². The number of ether oxygens (including phenoxy) is 4. The first-order valence-corrected chi connectivity index (χ1v) is 13.5. The van der Waals surface area contributed by atoms with Gasteiger partial charge in [-0.15, -0.1) is 0 Å². The van der Waals surface area contributed by atoms with Gasteiger partial charge in [0.25, 0.3) is 0 Å². The minimum absolute atomic E-state index is 0.115. The Hall–Kier alpha value is -3.56. The van der Waals surface area contributed by atoms with Crippen LogP contribution in [0.1, 0.15) is 17.5 Å². The van der Waals surface area contributed by atoms with Gasteiger partial charge >= 0.3 is 0 Å². The number of allylic oxidation sites excluding steroid dienone is 2. The summed E-state index contributed by atoms with van der Waals surface area (Å²) in [5, 5.41) is 1.90. The molecule has 3 heterocycles. The van der Waals surface area contributed by atoms with E-state index in [0.717, 1.165) is 32.9 Å². The largest absolute Gasteiger partial charge is 0.377 e. The summed E-state index contributed by atoms with van der Waals surface area (Å²) >= 11 is 0. The maximum atomic E-state index is 13.4. The van der Waals surface area contributed by atoms with Crippen LogP contribution in [0.2, 0.25) is 0 Å². The van der Waals surface area contributed by atoms with Crippen molar-refractivity contribution in [3.05, 3.63) is 72.1 Å². The van der Waals surface area contributed by atoms with Gasteiger partial charge in [-0.05, 0) is 12.1 Å². The Morgan fingerprint density at radius 2 is 0.897 bits per heavy atom. The number of fused-ring (bicyclic) bond motifs is 12. The van der Waals surface area contributed by atoms with E-state index in [1.54, 1.807) is 0 Å². The van der Waals surface area contributed by atoms with Crippen LogP contribution < -0.4 is 0 Å². The molecule has 39 heavy (non-hydrogen) atoms. The lowest BCUT2D eigenvalue weighted by Gasteiger charge is -2.09. The average Bonchev–Trinajstić information content (AvgIpc) is 3.58. The summed E-state index contributed by atoms with van der Waals surface area (Å²) in [5.41, 5.74) is 4.59. The minimum atomic E-state index is -0.138. The molecule has 2 aliphatic rings. The van der Waals surface area contributed by atoms with Crippen LogP contribution in [0.25, 0.3) is 33.0 Å². The van der Waals surface area contributed by atoms with E-state index < -0.39 is 0 Å². The third-order valence-electron chi connectivity index (χ3n) is 7.31. The summed E-state index contributed by atoms with van der Waals surface area (Å²) in [6.07, 6.45) is 3.87. The molecule has 1 aliphatic heterocycles. The molecule has 6 rings (SSSR count). The van der Waals surface area contributed by atoms with Crippen molar-refractivity contribution in [3.63, 3.8) is 0 Å². The van der Waals surface area contributed by atoms with Crippen LogP contribution in [-0.4, -0.2) is 73.6 Å². The SMILES string of the molecule is O=C1CC(=O)C2=C1c1cn(c3ccccc13)CCOCCOCCOCCOCCn1cc2c2ccccc21. The van der Waals surface area contributed by atoms with Crippen LogP contribution in [0.3, 0.4) is 0 Å². The standard InChI is InChI=1S/C31H32N2O6/c34-28-19-29(35)31-25-21-33(27-8-4-2-6-23(25)27)10-12-37-14-16-39-18-17-38-15-13-36-11-9-32-20-24(30(28)31)22-5-1-3-7-26(22)32/h1-8,20-21H,9-19H2. The zero-order valence-electron chi connectivity index (χ0n) is 21.9. The number of ketones is 2. The summed E-state index contributed by atoms with van der Waals surface area (Å²) in [6.45, 7) is 5.23. The van der Waals surface area contributed by atoms with E-state index in [1.807, 2.05) is 60.9 Å². The maximum absolute atomic E-state index is 13.4. The highest BCUT2D eigenvalue weighted by atomic mass is 16.6. The number of hydrogen-bond acceptors (Lipinski definition) is 6. The van der Waals surface area contributed by atoms with Crippen molar-refractivity contribution in [2.75, 3.05) is 52.9 Å². The predicted molar refractivity (Wildman–Crippen MR) is 149 cm³/mol. The maximum Gasteiger partial charge on any atom is 0.172 e. The van der Waals surface area contributed by atoms with Crippen molar-refractivity contribution in [3.8, 4) is 0 Å². The smallest absolute Gasteiger partial charge is 0.172 e. The van der Waals surface area contributed by atoms with Crippen LogP contribution in [0.15, 0.2) is 60.9 Å². The molecule has 2 aromatic carbocycles. The normalized spacial score (nSPS) is 18.8. The second-order valence-electron chi connectivity index (χ2n) is 9.73. The molecule has 0 saturated heterocycles. The van der Waals surface area contributed by atoms with Gasteiger partial charge in [0.05, 0.1) is 59.3 Å². The van der Waals surface area contributed by atoms with Crippen molar-refractivity contribution in [1.82, 2.24) is 9.13 Å². The van der Waals surface area contributed by atoms with Crippen molar-refractivity contribution in [2.24, 2.45) is 0 Å². The van der Waals surface area contributed by atoms with Crippen LogP contribution in [0, 0.1) is 0 Å². The number of Topliss-reactive ketones (excluding diaryl/α,β-unsaturated/α-hetero) is 2. The molecule has 0 fully saturated rings. The first-order chi connectivity index (χ1) is 19.2. The van der Waals surface area contributed by atoms with Crippen LogP contribution >= 0.6 is 0 Å². The second kappa shape index (κ2) is 11.7. The van der Waals surface area contributed by atoms with Gasteiger partial charge in [-0.3, -0.25) is 9.59 Å². The fourth-order valence-electron chi connectivity index (χ4n) is 5.52. The molecule has 0 atom stereocenters.